The first kappa shape index (κ1) is 9.40. The highest BCUT2D eigenvalue weighted by Crippen LogP contribution is 2.19. The summed E-state index contributed by atoms with van der Waals surface area (Å²) >= 11 is 3.40. The monoisotopic (exact) mass is 251 g/mol. The summed E-state index contributed by atoms with van der Waals surface area (Å²) in [6, 6.07) is 8.04. The van der Waals surface area contributed by atoms with Gasteiger partial charge in [0.25, 0.3) is 0 Å². The molecule has 0 aliphatic heterocycles. The van der Waals surface area contributed by atoms with Crippen molar-refractivity contribution in [2.75, 3.05) is 0 Å². The lowest BCUT2D eigenvalue weighted by molar-refractivity contribution is 0.764. The van der Waals surface area contributed by atoms with E-state index >= 15 is 0 Å². The predicted octanol–water partition coefficient (Wildman–Crippen LogP) is 2.55. The molecule has 0 N–H and O–H groups in total. The Hall–Kier alpha value is -1.16. The first-order chi connectivity index (χ1) is 6.66. The summed E-state index contributed by atoms with van der Waals surface area (Å²) in [6.45, 7) is 1.89. The van der Waals surface area contributed by atoms with Gasteiger partial charge in [-0.15, -0.1) is 0 Å². The van der Waals surface area contributed by atoms with Crippen molar-refractivity contribution in [3.63, 3.8) is 0 Å². The molecule has 14 heavy (non-hydrogen) atoms. The van der Waals surface area contributed by atoms with Crippen molar-refractivity contribution in [3.05, 3.63) is 34.6 Å². The van der Waals surface area contributed by atoms with Crippen LogP contribution in [-0.4, -0.2) is 14.8 Å². The van der Waals surface area contributed by atoms with Crippen LogP contribution in [0, 0.1) is 6.92 Å². The molecule has 0 aliphatic carbocycles. The smallest absolute Gasteiger partial charge is 0.158 e. The van der Waals surface area contributed by atoms with E-state index in [1.54, 1.807) is 4.68 Å². The van der Waals surface area contributed by atoms with Crippen molar-refractivity contribution < 1.29 is 0 Å². The Morgan fingerprint density at radius 2 is 1.86 bits per heavy atom. The number of benzene rings is 1. The third kappa shape index (κ3) is 1.70. The maximum absolute atomic E-state index is 4.35. The van der Waals surface area contributed by atoms with E-state index in [1.807, 2.05) is 38.2 Å². The number of aromatic nitrogens is 3. The van der Waals surface area contributed by atoms with Gasteiger partial charge in [0.15, 0.2) is 5.82 Å². The molecule has 0 radical (unpaired) electrons. The van der Waals surface area contributed by atoms with Gasteiger partial charge < -0.3 is 0 Å². The standard InChI is InChI=1S/C10H10BrN3/c1-7-12-10(14(2)13-7)8-3-5-9(11)6-4-8/h3-6H,1-2H3. The molecule has 0 saturated heterocycles. The van der Waals surface area contributed by atoms with Crippen LogP contribution in [-0.2, 0) is 7.05 Å². The zero-order chi connectivity index (χ0) is 10.1. The molecule has 1 heterocycles. The van der Waals surface area contributed by atoms with Crippen LogP contribution in [0.1, 0.15) is 5.82 Å². The lowest BCUT2D eigenvalue weighted by atomic mass is 10.2. The molecule has 3 nitrogen and oxygen atoms in total. The Morgan fingerprint density at radius 3 is 2.36 bits per heavy atom. The van der Waals surface area contributed by atoms with E-state index in [0.29, 0.717) is 0 Å². The van der Waals surface area contributed by atoms with Crippen molar-refractivity contribution in [2.24, 2.45) is 7.05 Å². The SMILES string of the molecule is Cc1nc(-c2ccc(Br)cc2)n(C)n1. The second kappa shape index (κ2) is 3.53. The van der Waals surface area contributed by atoms with E-state index in [0.717, 1.165) is 21.7 Å². The van der Waals surface area contributed by atoms with Gasteiger partial charge in [0, 0.05) is 17.1 Å². The normalized spacial score (nSPS) is 10.5. The molecule has 72 valence electrons. The third-order valence-electron chi connectivity index (χ3n) is 1.97. The molecule has 0 fully saturated rings. The predicted molar refractivity (Wildman–Crippen MR) is 58.9 cm³/mol. The average Bonchev–Trinajstić information content (AvgIpc) is 2.47. The molecule has 0 saturated carbocycles. The van der Waals surface area contributed by atoms with Crippen molar-refractivity contribution in [1.29, 1.82) is 0 Å². The minimum absolute atomic E-state index is 0.797. The van der Waals surface area contributed by atoms with E-state index in [-0.39, 0.29) is 0 Å². The molecule has 0 unspecified atom stereocenters. The molecule has 0 amide bonds. The molecule has 0 bridgehead atoms. The molecule has 1 aromatic carbocycles. The fourth-order valence-electron chi connectivity index (χ4n) is 1.36. The van der Waals surface area contributed by atoms with Gasteiger partial charge in [-0.05, 0) is 19.1 Å². The van der Waals surface area contributed by atoms with Gasteiger partial charge in [0.2, 0.25) is 0 Å². The summed E-state index contributed by atoms with van der Waals surface area (Å²) in [4.78, 5) is 4.35. The summed E-state index contributed by atoms with van der Waals surface area (Å²) in [7, 11) is 1.90. The van der Waals surface area contributed by atoms with Crippen molar-refractivity contribution in [1.82, 2.24) is 14.8 Å². The van der Waals surface area contributed by atoms with E-state index < -0.39 is 0 Å². The number of hydrogen-bond donors (Lipinski definition) is 0. The molecule has 2 aromatic rings. The highest BCUT2D eigenvalue weighted by molar-refractivity contribution is 9.10. The molecule has 0 aliphatic rings. The average molecular weight is 252 g/mol. The molecular formula is C10H10BrN3. The Morgan fingerprint density at radius 1 is 1.21 bits per heavy atom. The van der Waals surface area contributed by atoms with Crippen LogP contribution in [0.15, 0.2) is 28.7 Å². The molecule has 2 rings (SSSR count). The topological polar surface area (TPSA) is 30.7 Å². The maximum atomic E-state index is 4.35. The highest BCUT2D eigenvalue weighted by Gasteiger charge is 2.05. The Bertz CT molecular complexity index is 445. The van der Waals surface area contributed by atoms with Crippen LogP contribution in [0.2, 0.25) is 0 Å². The lowest BCUT2D eigenvalue weighted by Crippen LogP contribution is -1.94. The van der Waals surface area contributed by atoms with Gasteiger partial charge in [0.05, 0.1) is 0 Å². The van der Waals surface area contributed by atoms with Crippen molar-refractivity contribution in [3.8, 4) is 11.4 Å². The van der Waals surface area contributed by atoms with E-state index in [2.05, 4.69) is 26.0 Å². The summed E-state index contributed by atoms with van der Waals surface area (Å²) in [5.74, 6) is 1.69. The second-order valence-electron chi connectivity index (χ2n) is 3.11. The number of hydrogen-bond acceptors (Lipinski definition) is 2. The van der Waals surface area contributed by atoms with Crippen LogP contribution < -0.4 is 0 Å². The molecular weight excluding hydrogens is 242 g/mol. The summed E-state index contributed by atoms with van der Waals surface area (Å²) in [6.07, 6.45) is 0. The summed E-state index contributed by atoms with van der Waals surface area (Å²) < 4.78 is 2.86. The Kier molecular flexibility index (Phi) is 2.37. The van der Waals surface area contributed by atoms with Gasteiger partial charge in [-0.2, -0.15) is 5.10 Å². The Balaban J connectivity index is 2.49. The fraction of sp³-hybridized carbons (Fsp3) is 0.200. The zero-order valence-corrected chi connectivity index (χ0v) is 9.62. The number of rotatable bonds is 1. The van der Waals surface area contributed by atoms with E-state index in [4.69, 9.17) is 0 Å². The van der Waals surface area contributed by atoms with Crippen LogP contribution in [0.3, 0.4) is 0 Å². The Labute approximate surface area is 90.9 Å². The van der Waals surface area contributed by atoms with Gasteiger partial charge >= 0.3 is 0 Å². The second-order valence-corrected chi connectivity index (χ2v) is 4.03. The number of aryl methyl sites for hydroxylation is 2. The van der Waals surface area contributed by atoms with E-state index in [9.17, 15) is 0 Å². The van der Waals surface area contributed by atoms with Crippen LogP contribution in [0.25, 0.3) is 11.4 Å². The van der Waals surface area contributed by atoms with Crippen LogP contribution >= 0.6 is 15.9 Å². The zero-order valence-electron chi connectivity index (χ0n) is 8.03. The maximum Gasteiger partial charge on any atom is 0.158 e. The van der Waals surface area contributed by atoms with Crippen LogP contribution in [0.4, 0.5) is 0 Å². The lowest BCUT2D eigenvalue weighted by Gasteiger charge is -1.99. The minimum Gasteiger partial charge on any atom is -0.249 e. The van der Waals surface area contributed by atoms with Crippen LogP contribution in [0.5, 0.6) is 0 Å². The fourth-order valence-corrected chi connectivity index (χ4v) is 1.63. The molecule has 0 atom stereocenters. The largest absolute Gasteiger partial charge is 0.249 e. The van der Waals surface area contributed by atoms with Gasteiger partial charge in [-0.25, -0.2) is 9.67 Å². The minimum atomic E-state index is 0.797. The number of nitrogens with zero attached hydrogens (tertiary/aromatic N) is 3. The molecule has 1 aromatic heterocycles. The van der Waals surface area contributed by atoms with Gasteiger partial charge in [-0.3, -0.25) is 0 Å². The highest BCUT2D eigenvalue weighted by atomic mass is 79.9. The first-order valence-electron chi connectivity index (χ1n) is 4.30. The van der Waals surface area contributed by atoms with E-state index in [1.165, 1.54) is 0 Å². The first-order valence-corrected chi connectivity index (χ1v) is 5.09. The summed E-state index contributed by atoms with van der Waals surface area (Å²) in [5.41, 5.74) is 1.08. The van der Waals surface area contributed by atoms with Gasteiger partial charge in [-0.1, -0.05) is 28.1 Å². The van der Waals surface area contributed by atoms with Gasteiger partial charge in [0.1, 0.15) is 5.82 Å². The quantitative estimate of drug-likeness (QED) is 0.780. The molecule has 0 spiro atoms. The molecule has 4 heteroatoms. The van der Waals surface area contributed by atoms with Crippen molar-refractivity contribution in [2.45, 2.75) is 6.92 Å². The third-order valence-corrected chi connectivity index (χ3v) is 2.50. The summed E-state index contributed by atoms with van der Waals surface area (Å²) in [5, 5.41) is 4.20. The van der Waals surface area contributed by atoms with Crippen molar-refractivity contribution >= 4 is 15.9 Å². The number of halogens is 1.